The fourth-order valence-electron chi connectivity index (χ4n) is 2.70. The molecule has 1 aliphatic heterocycles. The highest BCUT2D eigenvalue weighted by Gasteiger charge is 2.36. The highest BCUT2D eigenvalue weighted by molar-refractivity contribution is 7.89. The molecule has 0 saturated carbocycles. The average Bonchev–Trinajstić information content (AvgIpc) is 3.15. The summed E-state index contributed by atoms with van der Waals surface area (Å²) in [5.41, 5.74) is 0.682. The van der Waals surface area contributed by atoms with Crippen LogP contribution in [0.4, 0.5) is 0 Å². The van der Waals surface area contributed by atoms with E-state index in [0.717, 1.165) is 4.31 Å². The third-order valence-corrected chi connectivity index (χ3v) is 6.04. The molecule has 28 heavy (non-hydrogen) atoms. The van der Waals surface area contributed by atoms with Crippen molar-refractivity contribution < 1.29 is 32.2 Å². The third kappa shape index (κ3) is 5.19. The Morgan fingerprint density at radius 1 is 1.25 bits per heavy atom. The Morgan fingerprint density at radius 2 is 1.96 bits per heavy atom. The minimum Gasteiger partial charge on any atom is -0.496 e. The molecule has 1 aromatic carbocycles. The van der Waals surface area contributed by atoms with Crippen LogP contribution in [0, 0.1) is 6.92 Å². The Bertz CT molecular complexity index is 813. The molecule has 10 nitrogen and oxygen atoms in total. The number of sulfonamides is 1. The van der Waals surface area contributed by atoms with Gasteiger partial charge in [0.25, 0.3) is 0 Å². The molecule has 0 aliphatic carbocycles. The largest absolute Gasteiger partial charge is 0.496 e. The number of rotatable bonds is 8. The van der Waals surface area contributed by atoms with Gasteiger partial charge in [0.15, 0.2) is 0 Å². The second-order valence-corrected chi connectivity index (χ2v) is 7.92. The summed E-state index contributed by atoms with van der Waals surface area (Å²) in [5, 5.41) is 4.77. The first-order valence-electron chi connectivity index (χ1n) is 8.64. The molecule has 2 amide bonds. The maximum Gasteiger partial charge on any atom is 0.309 e. The van der Waals surface area contributed by atoms with E-state index in [1.165, 1.54) is 26.4 Å². The van der Waals surface area contributed by atoms with Gasteiger partial charge in [0.2, 0.25) is 10.0 Å². The molecule has 0 radical (unpaired) electrons. The molecule has 1 saturated heterocycles. The number of benzene rings is 1. The predicted molar refractivity (Wildman–Crippen MR) is 99.3 cm³/mol. The lowest BCUT2D eigenvalue weighted by atomic mass is 10.2. The van der Waals surface area contributed by atoms with Crippen LogP contribution in [0.1, 0.15) is 5.56 Å². The maximum atomic E-state index is 12.9. The van der Waals surface area contributed by atoms with Crippen LogP contribution in [-0.2, 0) is 29.1 Å². The van der Waals surface area contributed by atoms with Crippen molar-refractivity contribution in [2.75, 3.05) is 47.1 Å². The molecule has 1 atom stereocenters. The van der Waals surface area contributed by atoms with Gasteiger partial charge in [-0.1, -0.05) is 0 Å². The highest BCUT2D eigenvalue weighted by Crippen LogP contribution is 2.26. The lowest BCUT2D eigenvalue weighted by Gasteiger charge is -2.23. The van der Waals surface area contributed by atoms with E-state index in [0.29, 0.717) is 11.3 Å². The van der Waals surface area contributed by atoms with E-state index in [1.54, 1.807) is 13.0 Å². The van der Waals surface area contributed by atoms with Gasteiger partial charge in [0.05, 0.1) is 31.8 Å². The maximum absolute atomic E-state index is 12.9. The van der Waals surface area contributed by atoms with E-state index >= 15 is 0 Å². The fraction of sp³-hybridized carbons (Fsp3) is 0.529. The van der Waals surface area contributed by atoms with Crippen LogP contribution < -0.4 is 15.4 Å². The number of aryl methyl sites for hydroxylation is 1. The molecule has 11 heteroatoms. The van der Waals surface area contributed by atoms with Crippen molar-refractivity contribution in [3.05, 3.63) is 23.8 Å². The summed E-state index contributed by atoms with van der Waals surface area (Å²) in [7, 11) is -0.853. The average molecular weight is 415 g/mol. The van der Waals surface area contributed by atoms with Crippen LogP contribution >= 0.6 is 0 Å². The Hall–Kier alpha value is -2.21. The van der Waals surface area contributed by atoms with Crippen LogP contribution in [0.2, 0.25) is 0 Å². The SMILES string of the molecule is COCCNC(=O)C(=O)NCC1OCCN1S(=O)(=O)c1ccc(OC)c(C)c1. The first kappa shape index (κ1) is 22.1. The third-order valence-electron chi connectivity index (χ3n) is 4.15. The van der Waals surface area contributed by atoms with Crippen molar-refractivity contribution >= 4 is 21.8 Å². The van der Waals surface area contributed by atoms with Crippen molar-refractivity contribution in [1.29, 1.82) is 0 Å². The number of methoxy groups -OCH3 is 2. The molecule has 1 aliphatic rings. The molecule has 1 heterocycles. The predicted octanol–water partition coefficient (Wildman–Crippen LogP) is -0.771. The topological polar surface area (TPSA) is 123 Å². The quantitative estimate of drug-likeness (QED) is 0.422. The van der Waals surface area contributed by atoms with Gasteiger partial charge in [-0.15, -0.1) is 0 Å². The number of carbonyl (C=O) groups is 2. The van der Waals surface area contributed by atoms with E-state index in [2.05, 4.69) is 10.6 Å². The summed E-state index contributed by atoms with van der Waals surface area (Å²) in [6.07, 6.45) is -0.900. The molecular weight excluding hydrogens is 390 g/mol. The van der Waals surface area contributed by atoms with Crippen molar-refractivity contribution in [1.82, 2.24) is 14.9 Å². The number of carbonyl (C=O) groups excluding carboxylic acids is 2. The van der Waals surface area contributed by atoms with E-state index in [4.69, 9.17) is 14.2 Å². The Kier molecular flexibility index (Phi) is 7.75. The molecule has 2 N–H and O–H groups in total. The first-order chi connectivity index (χ1) is 13.3. The molecule has 156 valence electrons. The number of ether oxygens (including phenoxy) is 3. The lowest BCUT2D eigenvalue weighted by Crippen LogP contribution is -2.47. The Balaban J connectivity index is 2.02. The first-order valence-corrected chi connectivity index (χ1v) is 10.1. The second kappa shape index (κ2) is 9.82. The molecule has 1 aromatic rings. The number of hydrogen-bond acceptors (Lipinski definition) is 7. The van der Waals surface area contributed by atoms with Gasteiger partial charge in [-0.05, 0) is 30.7 Å². The summed E-state index contributed by atoms with van der Waals surface area (Å²) in [4.78, 5) is 23.6. The number of hydrogen-bond donors (Lipinski definition) is 2. The zero-order valence-corrected chi connectivity index (χ0v) is 16.9. The molecule has 1 fully saturated rings. The van der Waals surface area contributed by atoms with Crippen LogP contribution in [0.25, 0.3) is 0 Å². The van der Waals surface area contributed by atoms with Crippen molar-refractivity contribution in [3.8, 4) is 5.75 Å². The Labute approximate surface area is 164 Å². The number of nitrogens with one attached hydrogen (secondary N) is 2. The molecular formula is C17H25N3O7S. The summed E-state index contributed by atoms with van der Waals surface area (Å²) in [5.74, 6) is -1.11. The zero-order valence-electron chi connectivity index (χ0n) is 16.1. The lowest BCUT2D eigenvalue weighted by molar-refractivity contribution is -0.139. The van der Waals surface area contributed by atoms with E-state index in [9.17, 15) is 18.0 Å². The van der Waals surface area contributed by atoms with Crippen LogP contribution in [0.15, 0.2) is 23.1 Å². The van der Waals surface area contributed by atoms with E-state index < -0.39 is 28.1 Å². The van der Waals surface area contributed by atoms with Gasteiger partial charge in [-0.3, -0.25) is 9.59 Å². The van der Waals surface area contributed by atoms with Gasteiger partial charge in [0.1, 0.15) is 12.0 Å². The highest BCUT2D eigenvalue weighted by atomic mass is 32.2. The number of nitrogens with zero attached hydrogens (tertiary/aromatic N) is 1. The Morgan fingerprint density at radius 3 is 2.61 bits per heavy atom. The van der Waals surface area contributed by atoms with E-state index in [1.807, 2.05) is 0 Å². The van der Waals surface area contributed by atoms with Crippen molar-refractivity contribution in [2.45, 2.75) is 18.0 Å². The van der Waals surface area contributed by atoms with Crippen molar-refractivity contribution in [2.24, 2.45) is 0 Å². The second-order valence-electron chi connectivity index (χ2n) is 6.03. The summed E-state index contributed by atoms with van der Waals surface area (Å²) >= 11 is 0. The van der Waals surface area contributed by atoms with Gasteiger partial charge in [0, 0.05) is 20.2 Å². The number of amides is 2. The molecule has 0 bridgehead atoms. The standard InChI is InChI=1S/C17H25N3O7S/c1-12-10-13(4-5-14(12)26-3)28(23,24)20-7-9-27-15(20)11-19-17(22)16(21)18-6-8-25-2/h4-5,10,15H,6-9,11H2,1-3H3,(H,18,21)(H,19,22). The van der Waals surface area contributed by atoms with E-state index in [-0.39, 0.29) is 37.7 Å². The summed E-state index contributed by atoms with van der Waals surface area (Å²) in [6.45, 7) is 2.41. The van der Waals surface area contributed by atoms with Crippen molar-refractivity contribution in [3.63, 3.8) is 0 Å². The van der Waals surface area contributed by atoms with Crippen LogP contribution in [0.3, 0.4) is 0 Å². The molecule has 2 rings (SSSR count). The molecule has 0 aromatic heterocycles. The van der Waals surface area contributed by atoms with Gasteiger partial charge >= 0.3 is 11.8 Å². The van der Waals surface area contributed by atoms with Crippen LogP contribution in [0.5, 0.6) is 5.75 Å². The molecule has 1 unspecified atom stereocenters. The van der Waals surface area contributed by atoms with Gasteiger partial charge < -0.3 is 24.8 Å². The van der Waals surface area contributed by atoms with Crippen LogP contribution in [-0.4, -0.2) is 77.8 Å². The zero-order chi connectivity index (χ0) is 20.7. The summed E-state index contributed by atoms with van der Waals surface area (Å²) in [6, 6.07) is 4.56. The molecule has 0 spiro atoms. The fourth-order valence-corrected chi connectivity index (χ4v) is 4.29. The minimum atomic E-state index is -3.84. The monoisotopic (exact) mass is 415 g/mol. The van der Waals surface area contributed by atoms with Gasteiger partial charge in [-0.25, -0.2) is 8.42 Å². The minimum absolute atomic E-state index is 0.102. The smallest absolute Gasteiger partial charge is 0.309 e. The summed E-state index contributed by atoms with van der Waals surface area (Å²) < 4.78 is 42.4. The van der Waals surface area contributed by atoms with Gasteiger partial charge in [-0.2, -0.15) is 4.31 Å². The normalized spacial score (nSPS) is 17.3.